The van der Waals surface area contributed by atoms with Gasteiger partial charge in [0, 0.05) is 11.1 Å². The highest BCUT2D eigenvalue weighted by Crippen LogP contribution is 2.27. The van der Waals surface area contributed by atoms with Crippen LogP contribution in [0.4, 0.5) is 0 Å². The van der Waals surface area contributed by atoms with Gasteiger partial charge in [-0.3, -0.25) is 0 Å². The number of thiazole rings is 1. The Morgan fingerprint density at radius 2 is 2.21 bits per heavy atom. The Balaban J connectivity index is 2.30. The smallest absolute Gasteiger partial charge is 0.119 e. The minimum Gasteiger partial charge on any atom is -0.494 e. The summed E-state index contributed by atoms with van der Waals surface area (Å²) in [5.74, 6) is 0.913. The Morgan fingerprint density at radius 1 is 1.37 bits per heavy atom. The topological polar surface area (TPSA) is 34.1 Å². The molecule has 0 saturated carbocycles. The van der Waals surface area contributed by atoms with Crippen LogP contribution >= 0.6 is 11.3 Å². The highest BCUT2D eigenvalue weighted by molar-refractivity contribution is 7.09. The maximum absolute atomic E-state index is 5.57. The molecule has 19 heavy (non-hydrogen) atoms. The predicted octanol–water partition coefficient (Wildman–Crippen LogP) is 3.55. The third-order valence-corrected chi connectivity index (χ3v) is 3.82. The van der Waals surface area contributed by atoms with E-state index >= 15 is 0 Å². The summed E-state index contributed by atoms with van der Waals surface area (Å²) in [5.41, 5.74) is 2.27. The summed E-state index contributed by atoms with van der Waals surface area (Å²) in [6, 6.07) is 8.37. The molecule has 1 heterocycles. The standard InChI is InChI=1S/C15H20N2OS/c1-4-16-14(15-17-11(3)10-19-15)12-7-6-8-13(9-12)18-5-2/h6-10,14,16H,4-5H2,1-3H3. The highest BCUT2D eigenvalue weighted by atomic mass is 32.1. The largest absolute Gasteiger partial charge is 0.494 e. The molecular weight excluding hydrogens is 256 g/mol. The number of nitrogens with one attached hydrogen (secondary N) is 1. The fraction of sp³-hybridized carbons (Fsp3) is 0.400. The van der Waals surface area contributed by atoms with E-state index < -0.39 is 0 Å². The molecule has 1 atom stereocenters. The lowest BCUT2D eigenvalue weighted by molar-refractivity contribution is 0.339. The van der Waals surface area contributed by atoms with E-state index in [2.05, 4.69) is 34.7 Å². The average molecular weight is 276 g/mol. The number of benzene rings is 1. The van der Waals surface area contributed by atoms with Gasteiger partial charge in [0.05, 0.1) is 12.6 Å². The first-order chi connectivity index (χ1) is 9.24. The molecule has 2 aromatic rings. The number of nitrogens with zero attached hydrogens (tertiary/aromatic N) is 1. The molecule has 3 nitrogen and oxygen atoms in total. The second kappa shape index (κ2) is 6.68. The lowest BCUT2D eigenvalue weighted by atomic mass is 10.1. The normalized spacial score (nSPS) is 12.4. The Kier molecular flexibility index (Phi) is 4.93. The Hall–Kier alpha value is -1.39. The minimum atomic E-state index is 0.143. The van der Waals surface area contributed by atoms with Gasteiger partial charge in [0.25, 0.3) is 0 Å². The lowest BCUT2D eigenvalue weighted by Crippen LogP contribution is -2.21. The number of ether oxygens (including phenoxy) is 1. The summed E-state index contributed by atoms with van der Waals surface area (Å²) in [6.45, 7) is 7.73. The SMILES string of the molecule is CCNC(c1cccc(OCC)c1)c1nc(C)cs1. The van der Waals surface area contributed by atoms with Crippen molar-refractivity contribution in [2.45, 2.75) is 26.8 Å². The molecule has 1 unspecified atom stereocenters. The van der Waals surface area contributed by atoms with Crippen molar-refractivity contribution >= 4 is 11.3 Å². The van der Waals surface area contributed by atoms with Crippen LogP contribution in [0.2, 0.25) is 0 Å². The van der Waals surface area contributed by atoms with Crippen LogP contribution in [0.5, 0.6) is 5.75 Å². The lowest BCUT2D eigenvalue weighted by Gasteiger charge is -2.16. The van der Waals surface area contributed by atoms with Gasteiger partial charge >= 0.3 is 0 Å². The zero-order chi connectivity index (χ0) is 13.7. The van der Waals surface area contributed by atoms with Gasteiger partial charge in [-0.2, -0.15) is 0 Å². The fourth-order valence-corrected chi connectivity index (χ4v) is 2.90. The molecule has 0 aliphatic heterocycles. The summed E-state index contributed by atoms with van der Waals surface area (Å²) in [4.78, 5) is 4.60. The number of hydrogen-bond donors (Lipinski definition) is 1. The van der Waals surface area contributed by atoms with Crippen molar-refractivity contribution in [1.29, 1.82) is 0 Å². The molecule has 0 aliphatic carbocycles. The molecular formula is C15H20N2OS. The average Bonchev–Trinajstić information content (AvgIpc) is 2.83. The van der Waals surface area contributed by atoms with Crippen LogP contribution in [0, 0.1) is 6.92 Å². The number of aromatic nitrogens is 1. The Labute approximate surface area is 118 Å². The van der Waals surface area contributed by atoms with Crippen molar-refractivity contribution in [3.05, 3.63) is 45.9 Å². The second-order valence-electron chi connectivity index (χ2n) is 4.32. The zero-order valence-corrected chi connectivity index (χ0v) is 12.5. The van der Waals surface area contributed by atoms with Gasteiger partial charge in [0.1, 0.15) is 10.8 Å². The number of hydrogen-bond acceptors (Lipinski definition) is 4. The van der Waals surface area contributed by atoms with Gasteiger partial charge in [-0.25, -0.2) is 4.98 Å². The molecule has 102 valence electrons. The van der Waals surface area contributed by atoms with E-state index in [-0.39, 0.29) is 6.04 Å². The first-order valence-electron chi connectivity index (χ1n) is 6.62. The Morgan fingerprint density at radius 3 is 2.84 bits per heavy atom. The molecule has 0 spiro atoms. The molecule has 1 aromatic carbocycles. The van der Waals surface area contributed by atoms with Crippen LogP contribution in [0.3, 0.4) is 0 Å². The third-order valence-electron chi connectivity index (χ3n) is 2.79. The van der Waals surface area contributed by atoms with E-state index in [1.54, 1.807) is 11.3 Å². The van der Waals surface area contributed by atoms with E-state index in [1.807, 2.05) is 26.0 Å². The molecule has 0 radical (unpaired) electrons. The van der Waals surface area contributed by atoms with Crippen LogP contribution < -0.4 is 10.1 Å². The summed E-state index contributed by atoms with van der Waals surface area (Å²) >= 11 is 1.70. The van der Waals surface area contributed by atoms with Crippen LogP contribution in [-0.2, 0) is 0 Å². The monoisotopic (exact) mass is 276 g/mol. The van der Waals surface area contributed by atoms with E-state index in [0.717, 1.165) is 23.0 Å². The van der Waals surface area contributed by atoms with Crippen LogP contribution in [0.1, 0.15) is 36.2 Å². The fourth-order valence-electron chi connectivity index (χ4n) is 2.01. The van der Waals surface area contributed by atoms with Crippen molar-refractivity contribution in [2.75, 3.05) is 13.2 Å². The van der Waals surface area contributed by atoms with E-state index in [1.165, 1.54) is 5.56 Å². The predicted molar refractivity (Wildman–Crippen MR) is 80.0 cm³/mol. The molecule has 0 bridgehead atoms. The van der Waals surface area contributed by atoms with Crippen molar-refractivity contribution in [3.63, 3.8) is 0 Å². The van der Waals surface area contributed by atoms with Gasteiger partial charge < -0.3 is 10.1 Å². The molecule has 2 rings (SSSR count). The van der Waals surface area contributed by atoms with Crippen molar-refractivity contribution < 1.29 is 4.74 Å². The molecule has 0 aliphatic rings. The quantitative estimate of drug-likeness (QED) is 0.876. The van der Waals surface area contributed by atoms with Gasteiger partial charge in [-0.15, -0.1) is 11.3 Å². The van der Waals surface area contributed by atoms with Gasteiger partial charge in [-0.05, 0) is 38.1 Å². The molecule has 1 aromatic heterocycles. The first-order valence-corrected chi connectivity index (χ1v) is 7.50. The first kappa shape index (κ1) is 14.0. The molecule has 4 heteroatoms. The highest BCUT2D eigenvalue weighted by Gasteiger charge is 2.16. The number of rotatable bonds is 6. The van der Waals surface area contributed by atoms with Crippen molar-refractivity contribution in [1.82, 2.24) is 10.3 Å². The molecule has 0 amide bonds. The van der Waals surface area contributed by atoms with Gasteiger partial charge in [-0.1, -0.05) is 19.1 Å². The second-order valence-corrected chi connectivity index (χ2v) is 5.21. The third kappa shape index (κ3) is 3.55. The maximum atomic E-state index is 5.57. The van der Waals surface area contributed by atoms with Crippen LogP contribution in [-0.4, -0.2) is 18.1 Å². The molecule has 1 N–H and O–H groups in total. The summed E-state index contributed by atoms with van der Waals surface area (Å²) in [6.07, 6.45) is 0. The Bertz CT molecular complexity index is 524. The van der Waals surface area contributed by atoms with Gasteiger partial charge in [0.2, 0.25) is 0 Å². The van der Waals surface area contributed by atoms with Crippen molar-refractivity contribution in [3.8, 4) is 5.75 Å². The van der Waals surface area contributed by atoms with Crippen LogP contribution in [0.25, 0.3) is 0 Å². The maximum Gasteiger partial charge on any atom is 0.119 e. The van der Waals surface area contributed by atoms with Crippen LogP contribution in [0.15, 0.2) is 29.6 Å². The van der Waals surface area contributed by atoms with Crippen molar-refractivity contribution in [2.24, 2.45) is 0 Å². The summed E-state index contributed by atoms with van der Waals surface area (Å²) < 4.78 is 5.57. The molecule has 0 saturated heterocycles. The van der Waals surface area contributed by atoms with E-state index in [4.69, 9.17) is 4.74 Å². The van der Waals surface area contributed by atoms with Gasteiger partial charge in [0.15, 0.2) is 0 Å². The zero-order valence-electron chi connectivity index (χ0n) is 11.6. The molecule has 0 fully saturated rings. The summed E-state index contributed by atoms with van der Waals surface area (Å²) in [5, 5.41) is 6.68. The summed E-state index contributed by atoms with van der Waals surface area (Å²) in [7, 11) is 0. The van der Waals surface area contributed by atoms with E-state index in [9.17, 15) is 0 Å². The number of aryl methyl sites for hydroxylation is 1. The minimum absolute atomic E-state index is 0.143. The van der Waals surface area contributed by atoms with E-state index in [0.29, 0.717) is 6.61 Å².